The van der Waals surface area contributed by atoms with Crippen LogP contribution < -0.4 is 5.32 Å². The number of amides is 2. The molecule has 32 heavy (non-hydrogen) atoms. The summed E-state index contributed by atoms with van der Waals surface area (Å²) in [7, 11) is 3.46. The van der Waals surface area contributed by atoms with E-state index in [-0.39, 0.29) is 11.8 Å². The molecule has 0 unspecified atom stereocenters. The molecule has 0 aliphatic carbocycles. The van der Waals surface area contributed by atoms with Crippen molar-refractivity contribution < 1.29 is 9.59 Å². The van der Waals surface area contributed by atoms with Crippen molar-refractivity contribution >= 4 is 35.2 Å². The molecule has 1 heterocycles. The topological polar surface area (TPSA) is 67.2 Å². The van der Waals surface area contributed by atoms with Gasteiger partial charge in [0.1, 0.15) is 0 Å². The maximum atomic E-state index is 12.4. The average Bonchev–Trinajstić information content (AvgIpc) is 3.02. The van der Waals surface area contributed by atoms with Crippen molar-refractivity contribution in [1.29, 1.82) is 0 Å². The quantitative estimate of drug-likeness (QED) is 0.539. The Bertz CT molecular complexity index is 1150. The van der Waals surface area contributed by atoms with Crippen molar-refractivity contribution in [2.45, 2.75) is 26.8 Å². The van der Waals surface area contributed by atoms with Gasteiger partial charge in [0.25, 0.3) is 0 Å². The monoisotopic (exact) mass is 450 g/mol. The lowest BCUT2D eigenvalue weighted by atomic mass is 10.1. The van der Waals surface area contributed by atoms with Gasteiger partial charge in [-0.3, -0.25) is 14.3 Å². The number of hydrogen-bond donors (Lipinski definition) is 1. The number of carbonyl (C=O) groups is 2. The molecule has 0 fully saturated rings. The molecule has 0 atom stereocenters. The fraction of sp³-hybridized carbons (Fsp3) is 0.240. The van der Waals surface area contributed by atoms with E-state index in [1.54, 1.807) is 37.2 Å². The zero-order chi connectivity index (χ0) is 23.3. The molecule has 166 valence electrons. The van der Waals surface area contributed by atoms with Crippen molar-refractivity contribution in [2.75, 3.05) is 19.4 Å². The molecule has 0 aliphatic rings. The Morgan fingerprint density at radius 3 is 2.44 bits per heavy atom. The summed E-state index contributed by atoms with van der Waals surface area (Å²) in [5, 5.41) is 8.14. The van der Waals surface area contributed by atoms with Crippen molar-refractivity contribution in [3.63, 3.8) is 0 Å². The zero-order valence-corrected chi connectivity index (χ0v) is 19.5. The van der Waals surface area contributed by atoms with Gasteiger partial charge in [-0.1, -0.05) is 41.9 Å². The van der Waals surface area contributed by atoms with Gasteiger partial charge in [-0.2, -0.15) is 5.10 Å². The number of hydrogen-bond acceptors (Lipinski definition) is 3. The smallest absolute Gasteiger partial charge is 0.248 e. The number of aryl methyl sites for hydroxylation is 1. The maximum Gasteiger partial charge on any atom is 0.248 e. The molecular weight excluding hydrogens is 424 g/mol. The second-order valence-corrected chi connectivity index (χ2v) is 8.23. The van der Waals surface area contributed by atoms with E-state index in [0.29, 0.717) is 23.7 Å². The zero-order valence-electron chi connectivity index (χ0n) is 18.7. The Kier molecular flexibility index (Phi) is 7.49. The first-order chi connectivity index (χ1) is 15.2. The van der Waals surface area contributed by atoms with Gasteiger partial charge in [0.15, 0.2) is 0 Å². The van der Waals surface area contributed by atoms with Crippen LogP contribution in [0.2, 0.25) is 5.02 Å². The van der Waals surface area contributed by atoms with Crippen LogP contribution in [0.15, 0.2) is 54.6 Å². The Morgan fingerprint density at radius 2 is 1.78 bits per heavy atom. The predicted molar refractivity (Wildman–Crippen MR) is 129 cm³/mol. The first kappa shape index (κ1) is 23.3. The molecule has 3 aromatic rings. The Morgan fingerprint density at radius 1 is 1.09 bits per heavy atom. The molecule has 1 N–H and O–H groups in total. The Labute approximate surface area is 193 Å². The van der Waals surface area contributed by atoms with E-state index < -0.39 is 0 Å². The van der Waals surface area contributed by atoms with Crippen molar-refractivity contribution in [3.8, 4) is 0 Å². The van der Waals surface area contributed by atoms with Crippen LogP contribution in [0.3, 0.4) is 0 Å². The Hall–Kier alpha value is -3.38. The maximum absolute atomic E-state index is 12.4. The average molecular weight is 451 g/mol. The molecule has 0 spiro atoms. The van der Waals surface area contributed by atoms with Gasteiger partial charge >= 0.3 is 0 Å². The van der Waals surface area contributed by atoms with Crippen molar-refractivity contribution in [2.24, 2.45) is 0 Å². The van der Waals surface area contributed by atoms with Crippen LogP contribution in [-0.4, -0.2) is 40.6 Å². The largest absolute Gasteiger partial charge is 0.349 e. The fourth-order valence-electron chi connectivity index (χ4n) is 3.28. The minimum atomic E-state index is -0.236. The lowest BCUT2D eigenvalue weighted by molar-refractivity contribution is -0.128. The molecule has 2 amide bonds. The highest BCUT2D eigenvalue weighted by Crippen LogP contribution is 2.20. The second-order valence-electron chi connectivity index (χ2n) is 7.82. The lowest BCUT2D eigenvalue weighted by Gasteiger charge is -2.10. The molecule has 0 radical (unpaired) electrons. The highest BCUT2D eigenvalue weighted by atomic mass is 35.5. The lowest BCUT2D eigenvalue weighted by Crippen LogP contribution is -2.23. The number of halogens is 1. The normalized spacial score (nSPS) is 11.0. The summed E-state index contributed by atoms with van der Waals surface area (Å²) in [5.41, 5.74) is 5.27. The van der Waals surface area contributed by atoms with Gasteiger partial charge in [-0.15, -0.1) is 0 Å². The highest BCUT2D eigenvalue weighted by molar-refractivity contribution is 6.31. The number of likely N-dealkylation sites (N-methyl/N-ethyl adjacent to an activating group) is 1. The Balaban J connectivity index is 1.65. The van der Waals surface area contributed by atoms with Crippen LogP contribution >= 0.6 is 11.6 Å². The molecule has 2 aromatic carbocycles. The molecular formula is C25H27ClN4O2. The standard InChI is InChI=1S/C25H27ClN4O2/c1-17-22(18(2)30(28-17)16-20-7-5-6-8-23(20)26)13-14-24(31)27-21-11-9-19(10-12-21)15-25(32)29(3)4/h5-14H,15-16H2,1-4H3,(H,27,31)/b14-13+. The molecule has 1 aromatic heterocycles. The van der Waals surface area contributed by atoms with Crippen LogP contribution in [0.4, 0.5) is 5.69 Å². The predicted octanol–water partition coefficient (Wildman–Crippen LogP) is 4.48. The molecule has 0 saturated heterocycles. The number of aromatic nitrogens is 2. The second kappa shape index (κ2) is 10.3. The summed E-state index contributed by atoms with van der Waals surface area (Å²) in [6.07, 6.45) is 3.61. The van der Waals surface area contributed by atoms with Crippen LogP contribution in [0, 0.1) is 13.8 Å². The highest BCUT2D eigenvalue weighted by Gasteiger charge is 2.11. The summed E-state index contributed by atoms with van der Waals surface area (Å²) in [4.78, 5) is 25.8. The van der Waals surface area contributed by atoms with Gasteiger partial charge in [-0.05, 0) is 49.2 Å². The molecule has 0 saturated carbocycles. The van der Waals surface area contributed by atoms with E-state index >= 15 is 0 Å². The van der Waals surface area contributed by atoms with Crippen molar-refractivity contribution in [1.82, 2.24) is 14.7 Å². The number of nitrogens with zero attached hydrogens (tertiary/aromatic N) is 3. The van der Waals surface area contributed by atoms with Gasteiger partial charge in [0.2, 0.25) is 11.8 Å². The van der Waals surface area contributed by atoms with E-state index in [0.717, 1.165) is 28.1 Å². The van der Waals surface area contributed by atoms with E-state index in [1.807, 2.05) is 54.9 Å². The summed E-state index contributed by atoms with van der Waals surface area (Å²) in [6.45, 7) is 4.46. The fourth-order valence-corrected chi connectivity index (χ4v) is 3.47. The first-order valence-electron chi connectivity index (χ1n) is 10.3. The van der Waals surface area contributed by atoms with Gasteiger partial charge < -0.3 is 10.2 Å². The molecule has 0 aliphatic heterocycles. The third kappa shape index (κ3) is 5.86. The van der Waals surface area contributed by atoms with Crippen LogP contribution in [0.1, 0.15) is 28.1 Å². The number of nitrogens with one attached hydrogen (secondary N) is 1. The SMILES string of the molecule is Cc1nn(Cc2ccccc2Cl)c(C)c1/C=C/C(=O)Nc1ccc(CC(=O)N(C)C)cc1. The number of rotatable bonds is 7. The number of carbonyl (C=O) groups excluding carboxylic acids is 2. The minimum Gasteiger partial charge on any atom is -0.349 e. The van der Waals surface area contributed by atoms with Gasteiger partial charge in [-0.25, -0.2) is 0 Å². The van der Waals surface area contributed by atoms with E-state index in [4.69, 9.17) is 11.6 Å². The van der Waals surface area contributed by atoms with E-state index in [2.05, 4.69) is 10.4 Å². The van der Waals surface area contributed by atoms with Crippen LogP contribution in [-0.2, 0) is 22.6 Å². The minimum absolute atomic E-state index is 0.0329. The van der Waals surface area contributed by atoms with Crippen LogP contribution in [0.5, 0.6) is 0 Å². The summed E-state index contributed by atoms with van der Waals surface area (Å²) < 4.78 is 1.89. The van der Waals surface area contributed by atoms with Crippen LogP contribution in [0.25, 0.3) is 6.08 Å². The summed E-state index contributed by atoms with van der Waals surface area (Å²) in [6, 6.07) is 15.0. The van der Waals surface area contributed by atoms with E-state index in [1.165, 1.54) is 6.08 Å². The molecule has 0 bridgehead atoms. The number of benzene rings is 2. The third-order valence-electron chi connectivity index (χ3n) is 5.19. The molecule has 3 rings (SSSR count). The molecule has 7 heteroatoms. The van der Waals surface area contributed by atoms with Gasteiger partial charge in [0.05, 0.1) is 18.7 Å². The van der Waals surface area contributed by atoms with Crippen molar-refractivity contribution in [3.05, 3.63) is 87.7 Å². The third-order valence-corrected chi connectivity index (χ3v) is 5.56. The first-order valence-corrected chi connectivity index (χ1v) is 10.7. The van der Waals surface area contributed by atoms with E-state index in [9.17, 15) is 9.59 Å². The summed E-state index contributed by atoms with van der Waals surface area (Å²) in [5.74, 6) is -0.203. The molecule has 6 nitrogen and oxygen atoms in total. The summed E-state index contributed by atoms with van der Waals surface area (Å²) >= 11 is 6.27. The number of anilines is 1. The van der Waals surface area contributed by atoms with Gasteiger partial charge in [0, 0.05) is 42.1 Å².